The number of nitrogens with zero attached hydrogens (tertiary/aromatic N) is 2. The van der Waals surface area contributed by atoms with Crippen molar-refractivity contribution in [1.82, 2.24) is 9.96 Å². The standard InChI is InChI=1S/C11H16N2O4S/c1-11-3-2-9(15)13(11)8(6-18-11)10(16)12-4-7(14)5-17-12/h7-8,14H,2-6H2,1H3/t7-,8?,11?/m1/s1. The van der Waals surface area contributed by atoms with E-state index in [1.807, 2.05) is 6.92 Å². The van der Waals surface area contributed by atoms with Crippen LogP contribution in [-0.4, -0.2) is 62.8 Å². The van der Waals surface area contributed by atoms with Crippen molar-refractivity contribution >= 4 is 23.6 Å². The number of hydrogen-bond donors (Lipinski definition) is 1. The molecule has 0 aromatic rings. The fourth-order valence-electron chi connectivity index (χ4n) is 2.80. The second kappa shape index (κ2) is 4.11. The molecule has 0 bridgehead atoms. The number of amides is 2. The van der Waals surface area contributed by atoms with E-state index in [1.165, 1.54) is 5.06 Å². The van der Waals surface area contributed by atoms with Crippen LogP contribution in [-0.2, 0) is 14.4 Å². The third kappa shape index (κ3) is 1.72. The molecule has 3 saturated heterocycles. The third-order valence-corrected chi connectivity index (χ3v) is 5.28. The molecule has 2 amide bonds. The smallest absolute Gasteiger partial charge is 0.269 e. The molecule has 0 aliphatic carbocycles. The minimum absolute atomic E-state index is 0.0422. The van der Waals surface area contributed by atoms with Crippen LogP contribution in [0.3, 0.4) is 0 Å². The van der Waals surface area contributed by atoms with Gasteiger partial charge in [-0.15, -0.1) is 11.8 Å². The second-order valence-corrected chi connectivity index (χ2v) is 6.62. The molecule has 0 radical (unpaired) electrons. The van der Waals surface area contributed by atoms with Crippen LogP contribution in [0.25, 0.3) is 0 Å². The van der Waals surface area contributed by atoms with Crippen molar-refractivity contribution in [2.45, 2.75) is 36.8 Å². The Morgan fingerprint density at radius 3 is 3.06 bits per heavy atom. The lowest BCUT2D eigenvalue weighted by Crippen LogP contribution is -2.50. The normalized spacial score (nSPS) is 39.6. The molecule has 0 aromatic heterocycles. The molecule has 18 heavy (non-hydrogen) atoms. The number of aliphatic hydroxyl groups excluding tert-OH is 1. The number of carbonyl (C=O) groups excluding carboxylic acids is 2. The maximum Gasteiger partial charge on any atom is 0.269 e. The summed E-state index contributed by atoms with van der Waals surface area (Å²) in [6.07, 6.45) is 0.684. The molecule has 3 aliphatic rings. The number of carbonyl (C=O) groups is 2. The molecule has 0 saturated carbocycles. The summed E-state index contributed by atoms with van der Waals surface area (Å²) in [7, 11) is 0. The van der Waals surface area contributed by atoms with Crippen LogP contribution in [0, 0.1) is 0 Å². The Labute approximate surface area is 109 Å². The highest BCUT2D eigenvalue weighted by Gasteiger charge is 2.54. The van der Waals surface area contributed by atoms with Gasteiger partial charge in [0.1, 0.15) is 18.8 Å². The molecular formula is C11H16N2O4S. The van der Waals surface area contributed by atoms with Crippen LogP contribution in [0.15, 0.2) is 0 Å². The zero-order chi connectivity index (χ0) is 12.9. The van der Waals surface area contributed by atoms with Crippen molar-refractivity contribution in [1.29, 1.82) is 0 Å². The molecule has 3 aliphatic heterocycles. The van der Waals surface area contributed by atoms with Crippen LogP contribution in [0.4, 0.5) is 0 Å². The Morgan fingerprint density at radius 2 is 2.39 bits per heavy atom. The first-order valence-corrected chi connectivity index (χ1v) is 7.08. The maximum absolute atomic E-state index is 12.3. The molecule has 7 heteroatoms. The molecule has 0 aromatic carbocycles. The molecule has 3 fully saturated rings. The summed E-state index contributed by atoms with van der Waals surface area (Å²) in [5.74, 6) is 0.440. The fraction of sp³-hybridized carbons (Fsp3) is 0.818. The van der Waals surface area contributed by atoms with Gasteiger partial charge in [-0.2, -0.15) is 0 Å². The van der Waals surface area contributed by atoms with E-state index < -0.39 is 12.1 Å². The Bertz CT molecular complexity index is 405. The van der Waals surface area contributed by atoms with Crippen molar-refractivity contribution < 1.29 is 19.5 Å². The van der Waals surface area contributed by atoms with Gasteiger partial charge in [0.2, 0.25) is 5.91 Å². The number of aliphatic hydroxyl groups is 1. The summed E-state index contributed by atoms with van der Waals surface area (Å²) in [6, 6.07) is -0.444. The van der Waals surface area contributed by atoms with Gasteiger partial charge in [0.05, 0.1) is 11.4 Å². The van der Waals surface area contributed by atoms with Crippen LogP contribution in [0.5, 0.6) is 0 Å². The quantitative estimate of drug-likeness (QED) is 0.702. The van der Waals surface area contributed by atoms with Crippen LogP contribution >= 0.6 is 11.8 Å². The number of hydroxylamine groups is 2. The Morgan fingerprint density at radius 1 is 1.61 bits per heavy atom. The van der Waals surface area contributed by atoms with Crippen molar-refractivity contribution in [3.63, 3.8) is 0 Å². The van der Waals surface area contributed by atoms with E-state index in [-0.39, 0.29) is 29.8 Å². The van der Waals surface area contributed by atoms with Gasteiger partial charge >= 0.3 is 0 Å². The van der Waals surface area contributed by atoms with E-state index >= 15 is 0 Å². The molecule has 2 unspecified atom stereocenters. The zero-order valence-electron chi connectivity index (χ0n) is 10.2. The van der Waals surface area contributed by atoms with Crippen molar-refractivity contribution in [3.8, 4) is 0 Å². The summed E-state index contributed by atoms with van der Waals surface area (Å²) < 4.78 is 0. The molecular weight excluding hydrogens is 256 g/mol. The molecule has 3 rings (SSSR count). The maximum atomic E-state index is 12.3. The molecule has 3 atom stereocenters. The van der Waals surface area contributed by atoms with Gasteiger partial charge in [-0.25, -0.2) is 5.06 Å². The number of hydrogen-bond acceptors (Lipinski definition) is 5. The first kappa shape index (κ1) is 12.3. The van der Waals surface area contributed by atoms with E-state index in [0.29, 0.717) is 12.2 Å². The van der Waals surface area contributed by atoms with Gasteiger partial charge in [0.15, 0.2) is 0 Å². The Kier molecular flexibility index (Phi) is 2.80. The van der Waals surface area contributed by atoms with Gasteiger partial charge in [-0.3, -0.25) is 14.4 Å². The predicted molar refractivity (Wildman–Crippen MR) is 64.4 cm³/mol. The van der Waals surface area contributed by atoms with Gasteiger partial charge in [-0.05, 0) is 13.3 Å². The van der Waals surface area contributed by atoms with Crippen LogP contribution in [0.2, 0.25) is 0 Å². The average molecular weight is 272 g/mol. The first-order chi connectivity index (χ1) is 8.51. The zero-order valence-corrected chi connectivity index (χ0v) is 11.0. The van der Waals surface area contributed by atoms with E-state index in [0.717, 1.165) is 6.42 Å². The van der Waals surface area contributed by atoms with Crippen molar-refractivity contribution in [2.24, 2.45) is 0 Å². The highest BCUT2D eigenvalue weighted by Crippen LogP contribution is 2.47. The Balaban J connectivity index is 1.77. The van der Waals surface area contributed by atoms with Crippen LogP contribution in [0.1, 0.15) is 19.8 Å². The summed E-state index contributed by atoms with van der Waals surface area (Å²) in [5, 5.41) is 10.6. The number of β-amino-alcohol motifs (C(OH)–C–C–N with tert-alkyl or cyclic N) is 1. The predicted octanol–water partition coefficient (Wildman–Crippen LogP) is -0.425. The fourth-order valence-corrected chi connectivity index (χ4v) is 4.22. The number of rotatable bonds is 1. The van der Waals surface area contributed by atoms with Crippen molar-refractivity contribution in [2.75, 3.05) is 18.9 Å². The van der Waals surface area contributed by atoms with E-state index in [4.69, 9.17) is 4.84 Å². The molecule has 1 N–H and O–H groups in total. The van der Waals surface area contributed by atoms with Gasteiger partial charge in [-0.1, -0.05) is 0 Å². The summed E-state index contributed by atoms with van der Waals surface area (Å²) in [5.41, 5.74) is 0. The SMILES string of the molecule is CC12CCC(=O)N1C(C(=O)N1C[C@@H](O)CO1)CS2. The first-order valence-electron chi connectivity index (χ1n) is 6.10. The highest BCUT2D eigenvalue weighted by atomic mass is 32.2. The van der Waals surface area contributed by atoms with E-state index in [9.17, 15) is 14.7 Å². The minimum atomic E-state index is -0.622. The summed E-state index contributed by atoms with van der Waals surface area (Å²) >= 11 is 1.65. The Hall–Kier alpha value is -0.790. The van der Waals surface area contributed by atoms with Gasteiger partial charge in [0.25, 0.3) is 5.91 Å². The lowest BCUT2D eigenvalue weighted by molar-refractivity contribution is -0.175. The summed E-state index contributed by atoms with van der Waals surface area (Å²) in [4.78, 5) is 30.8. The highest BCUT2D eigenvalue weighted by molar-refractivity contribution is 8.01. The van der Waals surface area contributed by atoms with Gasteiger partial charge in [0, 0.05) is 12.2 Å². The second-order valence-electron chi connectivity index (χ2n) is 5.11. The van der Waals surface area contributed by atoms with E-state index in [2.05, 4.69) is 0 Å². The van der Waals surface area contributed by atoms with E-state index in [1.54, 1.807) is 16.7 Å². The topological polar surface area (TPSA) is 70.1 Å². The number of thioether (sulfide) groups is 1. The minimum Gasteiger partial charge on any atom is -0.389 e. The molecule has 0 spiro atoms. The van der Waals surface area contributed by atoms with Crippen molar-refractivity contribution in [3.05, 3.63) is 0 Å². The van der Waals surface area contributed by atoms with Crippen LogP contribution < -0.4 is 0 Å². The number of fused-ring (bicyclic) bond motifs is 1. The molecule has 100 valence electrons. The monoisotopic (exact) mass is 272 g/mol. The third-order valence-electron chi connectivity index (χ3n) is 3.78. The lowest BCUT2D eigenvalue weighted by Gasteiger charge is -2.31. The lowest BCUT2D eigenvalue weighted by atomic mass is 10.2. The summed E-state index contributed by atoms with van der Waals surface area (Å²) in [6.45, 7) is 2.35. The molecule has 3 heterocycles. The average Bonchev–Trinajstić information content (AvgIpc) is 2.96. The van der Waals surface area contributed by atoms with Gasteiger partial charge < -0.3 is 10.0 Å². The largest absolute Gasteiger partial charge is 0.389 e. The molecule has 6 nitrogen and oxygen atoms in total.